The van der Waals surface area contributed by atoms with Crippen molar-refractivity contribution in [1.29, 1.82) is 0 Å². The van der Waals surface area contributed by atoms with E-state index in [9.17, 15) is 4.79 Å². The second kappa shape index (κ2) is 6.96. The van der Waals surface area contributed by atoms with E-state index in [1.54, 1.807) is 11.8 Å². The summed E-state index contributed by atoms with van der Waals surface area (Å²) in [5.41, 5.74) is 2.45. The predicted molar refractivity (Wildman–Crippen MR) is 79.3 cm³/mol. The van der Waals surface area contributed by atoms with Crippen molar-refractivity contribution in [3.8, 4) is 0 Å². The van der Waals surface area contributed by atoms with E-state index < -0.39 is 0 Å². The topological polar surface area (TPSA) is 49.3 Å². The standard InChI is InChI=1S/C15H21NO2S/c1-11(5-4-9-17)16-15(18)14-13-7-3-2-6-12(13)8-10-19-14/h2-3,6-7,11,14,17H,4-5,8-10H2,1H3,(H,16,18). The number of aryl methyl sites for hydroxylation is 1. The second-order valence-corrected chi connectivity index (χ2v) is 6.19. The Morgan fingerprint density at radius 3 is 3.11 bits per heavy atom. The molecule has 0 bridgehead atoms. The van der Waals surface area contributed by atoms with E-state index in [1.165, 1.54) is 5.56 Å². The van der Waals surface area contributed by atoms with Gasteiger partial charge in [-0.05, 0) is 43.1 Å². The predicted octanol–water partition coefficient (Wildman–Crippen LogP) is 2.29. The van der Waals surface area contributed by atoms with Crippen LogP contribution in [0.3, 0.4) is 0 Å². The highest BCUT2D eigenvalue weighted by atomic mass is 32.2. The molecule has 4 heteroatoms. The number of benzene rings is 1. The van der Waals surface area contributed by atoms with Crippen LogP contribution in [0.25, 0.3) is 0 Å². The Labute approximate surface area is 118 Å². The van der Waals surface area contributed by atoms with Crippen molar-refractivity contribution < 1.29 is 9.90 Å². The molecule has 1 heterocycles. The fraction of sp³-hybridized carbons (Fsp3) is 0.533. The van der Waals surface area contributed by atoms with Crippen molar-refractivity contribution in [1.82, 2.24) is 5.32 Å². The van der Waals surface area contributed by atoms with Gasteiger partial charge in [0.15, 0.2) is 0 Å². The highest BCUT2D eigenvalue weighted by Crippen LogP contribution is 2.36. The molecule has 0 saturated carbocycles. The molecule has 0 aliphatic carbocycles. The van der Waals surface area contributed by atoms with Crippen molar-refractivity contribution in [2.45, 2.75) is 37.5 Å². The van der Waals surface area contributed by atoms with Crippen LogP contribution in [0.2, 0.25) is 0 Å². The Balaban J connectivity index is 2.00. The number of hydrogen-bond donors (Lipinski definition) is 2. The van der Waals surface area contributed by atoms with Crippen LogP contribution in [0.15, 0.2) is 24.3 Å². The molecular formula is C15H21NO2S. The molecule has 1 aliphatic heterocycles. The molecule has 104 valence electrons. The Hall–Kier alpha value is -1.00. The van der Waals surface area contributed by atoms with E-state index >= 15 is 0 Å². The van der Waals surface area contributed by atoms with Gasteiger partial charge in [-0.1, -0.05) is 24.3 Å². The second-order valence-electron chi connectivity index (χ2n) is 4.98. The number of aliphatic hydroxyl groups is 1. The smallest absolute Gasteiger partial charge is 0.237 e. The van der Waals surface area contributed by atoms with Gasteiger partial charge in [0.2, 0.25) is 5.91 Å². The SMILES string of the molecule is CC(CCCO)NC(=O)C1SCCc2ccccc21. The van der Waals surface area contributed by atoms with E-state index in [0.29, 0.717) is 0 Å². The van der Waals surface area contributed by atoms with Gasteiger partial charge >= 0.3 is 0 Å². The third-order valence-corrected chi connectivity index (χ3v) is 4.66. The van der Waals surface area contributed by atoms with Crippen molar-refractivity contribution in [3.63, 3.8) is 0 Å². The molecule has 19 heavy (non-hydrogen) atoms. The molecule has 0 saturated heterocycles. The van der Waals surface area contributed by atoms with Crippen LogP contribution in [-0.4, -0.2) is 29.4 Å². The first-order valence-electron chi connectivity index (χ1n) is 6.83. The molecule has 1 aliphatic rings. The van der Waals surface area contributed by atoms with Gasteiger partial charge in [-0.25, -0.2) is 0 Å². The van der Waals surface area contributed by atoms with Gasteiger partial charge in [0.05, 0.1) is 0 Å². The maximum absolute atomic E-state index is 12.3. The van der Waals surface area contributed by atoms with Gasteiger partial charge in [0.25, 0.3) is 0 Å². The third-order valence-electron chi connectivity index (χ3n) is 3.42. The molecule has 2 rings (SSSR count). The summed E-state index contributed by atoms with van der Waals surface area (Å²) in [4.78, 5) is 12.3. The first kappa shape index (κ1) is 14.4. The maximum atomic E-state index is 12.3. The molecule has 1 aromatic carbocycles. The van der Waals surface area contributed by atoms with Crippen molar-refractivity contribution in [3.05, 3.63) is 35.4 Å². The summed E-state index contributed by atoms with van der Waals surface area (Å²) in [5, 5.41) is 11.8. The largest absolute Gasteiger partial charge is 0.396 e. The van der Waals surface area contributed by atoms with E-state index in [2.05, 4.69) is 17.4 Å². The minimum absolute atomic E-state index is 0.0819. The third kappa shape index (κ3) is 3.74. The van der Waals surface area contributed by atoms with Crippen LogP contribution in [0.4, 0.5) is 0 Å². The van der Waals surface area contributed by atoms with Gasteiger partial charge in [0, 0.05) is 12.6 Å². The Bertz CT molecular complexity index is 436. The van der Waals surface area contributed by atoms with Crippen LogP contribution in [-0.2, 0) is 11.2 Å². The van der Waals surface area contributed by atoms with Crippen molar-refractivity contribution in [2.75, 3.05) is 12.4 Å². The number of hydrogen-bond acceptors (Lipinski definition) is 3. The number of amides is 1. The van der Waals surface area contributed by atoms with Gasteiger partial charge in [-0.3, -0.25) is 4.79 Å². The van der Waals surface area contributed by atoms with Crippen LogP contribution in [0.1, 0.15) is 36.1 Å². The van der Waals surface area contributed by atoms with E-state index in [4.69, 9.17) is 5.11 Å². The normalized spacial score (nSPS) is 19.6. The number of aliphatic hydroxyl groups excluding tert-OH is 1. The van der Waals surface area contributed by atoms with Crippen LogP contribution in [0, 0.1) is 0 Å². The number of nitrogens with one attached hydrogen (secondary N) is 1. The Morgan fingerprint density at radius 1 is 1.53 bits per heavy atom. The summed E-state index contributed by atoms with van der Waals surface area (Å²) < 4.78 is 0. The number of fused-ring (bicyclic) bond motifs is 1. The van der Waals surface area contributed by atoms with Crippen LogP contribution >= 0.6 is 11.8 Å². The average molecular weight is 279 g/mol. The lowest BCUT2D eigenvalue weighted by molar-refractivity contribution is -0.121. The maximum Gasteiger partial charge on any atom is 0.237 e. The summed E-state index contributed by atoms with van der Waals surface area (Å²) in [6.45, 7) is 2.17. The molecule has 3 nitrogen and oxygen atoms in total. The molecule has 0 aromatic heterocycles. The molecule has 0 spiro atoms. The lowest BCUT2D eigenvalue weighted by Gasteiger charge is -2.25. The van der Waals surface area contributed by atoms with E-state index in [1.807, 2.05) is 19.1 Å². The molecule has 1 amide bonds. The number of carbonyl (C=O) groups is 1. The lowest BCUT2D eigenvalue weighted by atomic mass is 10.0. The zero-order chi connectivity index (χ0) is 13.7. The minimum atomic E-state index is -0.0819. The number of thioether (sulfide) groups is 1. The average Bonchev–Trinajstić information content (AvgIpc) is 2.44. The highest BCUT2D eigenvalue weighted by molar-refractivity contribution is 8.00. The molecule has 0 fully saturated rings. The minimum Gasteiger partial charge on any atom is -0.396 e. The van der Waals surface area contributed by atoms with E-state index in [-0.39, 0.29) is 23.8 Å². The summed E-state index contributed by atoms with van der Waals surface area (Å²) in [5.74, 6) is 1.10. The Morgan fingerprint density at radius 2 is 2.32 bits per heavy atom. The fourth-order valence-corrected chi connectivity index (χ4v) is 3.60. The molecular weight excluding hydrogens is 258 g/mol. The van der Waals surface area contributed by atoms with Crippen LogP contribution in [0.5, 0.6) is 0 Å². The molecule has 0 radical (unpaired) electrons. The van der Waals surface area contributed by atoms with E-state index in [0.717, 1.165) is 30.6 Å². The van der Waals surface area contributed by atoms with Crippen LogP contribution < -0.4 is 5.32 Å². The summed E-state index contributed by atoms with van der Waals surface area (Å²) >= 11 is 1.72. The van der Waals surface area contributed by atoms with Crippen molar-refractivity contribution in [2.24, 2.45) is 0 Å². The first-order valence-corrected chi connectivity index (χ1v) is 7.88. The number of rotatable bonds is 5. The first-order chi connectivity index (χ1) is 9.22. The van der Waals surface area contributed by atoms with Gasteiger partial charge in [-0.15, -0.1) is 11.8 Å². The zero-order valence-corrected chi connectivity index (χ0v) is 12.1. The summed E-state index contributed by atoms with van der Waals surface area (Å²) in [6.07, 6.45) is 2.60. The molecule has 2 unspecified atom stereocenters. The summed E-state index contributed by atoms with van der Waals surface area (Å²) in [7, 11) is 0. The monoisotopic (exact) mass is 279 g/mol. The van der Waals surface area contributed by atoms with Crippen molar-refractivity contribution >= 4 is 17.7 Å². The van der Waals surface area contributed by atoms with Gasteiger partial charge < -0.3 is 10.4 Å². The highest BCUT2D eigenvalue weighted by Gasteiger charge is 2.27. The molecule has 1 aromatic rings. The summed E-state index contributed by atoms with van der Waals surface area (Å²) in [6, 6.07) is 8.33. The fourth-order valence-electron chi connectivity index (χ4n) is 2.40. The van der Waals surface area contributed by atoms with Gasteiger partial charge in [-0.2, -0.15) is 0 Å². The zero-order valence-electron chi connectivity index (χ0n) is 11.3. The quantitative estimate of drug-likeness (QED) is 0.869. The molecule has 2 N–H and O–H groups in total. The molecule has 2 atom stereocenters. The lowest BCUT2D eigenvalue weighted by Crippen LogP contribution is -2.36. The van der Waals surface area contributed by atoms with Gasteiger partial charge in [0.1, 0.15) is 5.25 Å². The number of carbonyl (C=O) groups excluding carboxylic acids is 1. The Kier molecular flexibility index (Phi) is 5.28.